The summed E-state index contributed by atoms with van der Waals surface area (Å²) in [5.74, 6) is 0.263. The van der Waals surface area contributed by atoms with Gasteiger partial charge < -0.3 is 30.1 Å². The number of ether oxygens (including phenoxy) is 1. The number of para-hydroxylation sites is 1. The number of nitrogens with zero attached hydrogens (tertiary/aromatic N) is 1. The summed E-state index contributed by atoms with van der Waals surface area (Å²) in [6.07, 6.45) is -2.78. The molecule has 0 aromatic heterocycles. The van der Waals surface area contributed by atoms with Gasteiger partial charge in [0.15, 0.2) is 6.23 Å². The number of fused-ring (bicyclic) bond motifs is 1. The molecule has 1 saturated heterocycles. The highest BCUT2D eigenvalue weighted by Crippen LogP contribution is 2.41. The molecule has 2 aliphatic heterocycles. The first kappa shape index (κ1) is 21.3. The second-order valence-electron chi connectivity index (χ2n) is 8.34. The van der Waals surface area contributed by atoms with Gasteiger partial charge in [0.2, 0.25) is 0 Å². The lowest BCUT2D eigenvalue weighted by Gasteiger charge is -2.44. The summed E-state index contributed by atoms with van der Waals surface area (Å²) in [5, 5.41) is 40.4. The summed E-state index contributed by atoms with van der Waals surface area (Å²) >= 11 is 0. The van der Waals surface area contributed by atoms with Gasteiger partial charge in [0.1, 0.15) is 24.4 Å². The van der Waals surface area contributed by atoms with Crippen LogP contribution in [0.15, 0.2) is 48.5 Å². The molecule has 2 aliphatic rings. The van der Waals surface area contributed by atoms with E-state index >= 15 is 0 Å². The van der Waals surface area contributed by atoms with Gasteiger partial charge in [0, 0.05) is 18.2 Å². The van der Waals surface area contributed by atoms with Crippen LogP contribution in [0.1, 0.15) is 36.0 Å². The van der Waals surface area contributed by atoms with E-state index in [9.17, 15) is 20.4 Å². The Morgan fingerprint density at radius 2 is 1.63 bits per heavy atom. The van der Waals surface area contributed by atoms with Crippen LogP contribution in [0.5, 0.6) is 0 Å². The number of aliphatic hydroxyl groups excluding tert-OH is 4. The minimum absolute atomic E-state index is 0.263. The number of rotatable bonds is 6. The molecule has 1 unspecified atom stereocenters. The van der Waals surface area contributed by atoms with E-state index in [1.54, 1.807) is 0 Å². The quantitative estimate of drug-likeness (QED) is 0.575. The molecule has 0 amide bonds. The van der Waals surface area contributed by atoms with Gasteiger partial charge >= 0.3 is 0 Å². The molecule has 0 spiro atoms. The average molecular weight is 414 g/mol. The number of hydrogen-bond donors (Lipinski definition) is 4. The SMILES string of the molecule is CCc1ccc(CCC2CN([C@@H]3O[C@H](CO)[C@@H](O)[C@H](O)[C@H]3O)c3ccccc32)cc1. The summed E-state index contributed by atoms with van der Waals surface area (Å²) in [6.45, 7) is 2.38. The molecule has 2 aromatic carbocycles. The smallest absolute Gasteiger partial charge is 0.159 e. The lowest BCUT2D eigenvalue weighted by Crippen LogP contribution is -2.63. The van der Waals surface area contributed by atoms with Crippen LogP contribution in [-0.2, 0) is 17.6 Å². The fourth-order valence-corrected chi connectivity index (χ4v) is 4.64. The monoisotopic (exact) mass is 413 g/mol. The molecule has 2 aromatic rings. The van der Waals surface area contributed by atoms with E-state index in [0.717, 1.165) is 24.9 Å². The van der Waals surface area contributed by atoms with Crippen LogP contribution in [0.4, 0.5) is 5.69 Å². The number of anilines is 1. The van der Waals surface area contributed by atoms with Crippen molar-refractivity contribution in [1.29, 1.82) is 0 Å². The minimum Gasteiger partial charge on any atom is -0.394 e. The van der Waals surface area contributed by atoms with Crippen LogP contribution in [0, 0.1) is 0 Å². The summed E-state index contributed by atoms with van der Waals surface area (Å²) in [6, 6.07) is 16.8. The average Bonchev–Trinajstić information content (AvgIpc) is 3.15. The Bertz CT molecular complexity index is 840. The number of hydrogen-bond acceptors (Lipinski definition) is 6. The highest BCUT2D eigenvalue weighted by molar-refractivity contribution is 5.61. The van der Waals surface area contributed by atoms with E-state index < -0.39 is 37.3 Å². The number of benzene rings is 2. The third kappa shape index (κ3) is 3.98. The van der Waals surface area contributed by atoms with Crippen molar-refractivity contribution in [1.82, 2.24) is 0 Å². The van der Waals surface area contributed by atoms with Gasteiger partial charge in [0.05, 0.1) is 6.61 Å². The summed E-state index contributed by atoms with van der Waals surface area (Å²) in [4.78, 5) is 1.96. The van der Waals surface area contributed by atoms with Gasteiger partial charge in [-0.3, -0.25) is 0 Å². The van der Waals surface area contributed by atoms with Gasteiger partial charge in [-0.2, -0.15) is 0 Å². The maximum absolute atomic E-state index is 10.6. The first-order chi connectivity index (χ1) is 14.5. The Hall–Kier alpha value is -1.96. The maximum Gasteiger partial charge on any atom is 0.159 e. The first-order valence-corrected chi connectivity index (χ1v) is 10.8. The first-order valence-electron chi connectivity index (χ1n) is 10.8. The molecule has 2 heterocycles. The zero-order valence-electron chi connectivity index (χ0n) is 17.3. The molecule has 6 nitrogen and oxygen atoms in total. The Kier molecular flexibility index (Phi) is 6.41. The Morgan fingerprint density at radius 1 is 0.933 bits per heavy atom. The van der Waals surface area contributed by atoms with Gasteiger partial charge in [-0.05, 0) is 42.0 Å². The standard InChI is InChI=1S/C24H31NO5/c1-2-15-7-9-16(10-8-15)11-12-17-13-25(19-6-4-3-5-18(17)19)24-23(29)22(28)21(27)20(14-26)30-24/h3-10,17,20-24,26-29H,2,11-14H2,1H3/t17?,20-,21-,22+,23-,24-/m1/s1. The molecule has 0 bridgehead atoms. The van der Waals surface area contributed by atoms with Crippen molar-refractivity contribution >= 4 is 5.69 Å². The van der Waals surface area contributed by atoms with Gasteiger partial charge in [-0.1, -0.05) is 49.4 Å². The predicted molar refractivity (Wildman–Crippen MR) is 114 cm³/mol. The van der Waals surface area contributed by atoms with Gasteiger partial charge in [0.25, 0.3) is 0 Å². The summed E-state index contributed by atoms with van der Waals surface area (Å²) in [5.41, 5.74) is 4.79. The zero-order valence-corrected chi connectivity index (χ0v) is 17.3. The second kappa shape index (κ2) is 9.04. The Balaban J connectivity index is 1.52. The van der Waals surface area contributed by atoms with Crippen molar-refractivity contribution < 1.29 is 25.2 Å². The molecule has 6 heteroatoms. The summed E-state index contributed by atoms with van der Waals surface area (Å²) in [7, 11) is 0. The molecule has 4 N–H and O–H groups in total. The van der Waals surface area contributed by atoms with E-state index in [-0.39, 0.29) is 5.92 Å². The van der Waals surface area contributed by atoms with Crippen molar-refractivity contribution in [3.63, 3.8) is 0 Å². The minimum atomic E-state index is -1.37. The molecule has 0 saturated carbocycles. The molecule has 1 fully saturated rings. The third-order valence-electron chi connectivity index (χ3n) is 6.49. The lowest BCUT2D eigenvalue weighted by molar-refractivity contribution is -0.228. The maximum atomic E-state index is 10.6. The molecule has 6 atom stereocenters. The lowest BCUT2D eigenvalue weighted by atomic mass is 9.94. The summed E-state index contributed by atoms with van der Waals surface area (Å²) < 4.78 is 5.82. The van der Waals surface area contributed by atoms with Crippen LogP contribution in [-0.4, -0.2) is 64.2 Å². The van der Waals surface area contributed by atoms with Crippen LogP contribution in [0.3, 0.4) is 0 Å². The fourth-order valence-electron chi connectivity index (χ4n) is 4.64. The van der Waals surface area contributed by atoms with Crippen LogP contribution in [0.2, 0.25) is 0 Å². The van der Waals surface area contributed by atoms with E-state index in [1.165, 1.54) is 16.7 Å². The van der Waals surface area contributed by atoms with Crippen LogP contribution < -0.4 is 4.90 Å². The number of aliphatic hydroxyl groups is 4. The van der Waals surface area contributed by atoms with E-state index in [2.05, 4.69) is 37.3 Å². The molecular weight excluding hydrogens is 382 g/mol. The highest BCUT2D eigenvalue weighted by atomic mass is 16.6. The Labute approximate surface area is 177 Å². The molecule has 0 radical (unpaired) electrons. The van der Waals surface area contributed by atoms with Gasteiger partial charge in [-0.25, -0.2) is 0 Å². The van der Waals surface area contributed by atoms with Crippen molar-refractivity contribution in [2.24, 2.45) is 0 Å². The molecule has 4 rings (SSSR count). The molecule has 0 aliphatic carbocycles. The predicted octanol–water partition coefficient (Wildman–Crippen LogP) is 1.59. The van der Waals surface area contributed by atoms with E-state index in [1.807, 2.05) is 23.1 Å². The van der Waals surface area contributed by atoms with Crippen molar-refractivity contribution in [3.8, 4) is 0 Å². The number of aryl methyl sites for hydroxylation is 2. The van der Waals surface area contributed by atoms with Gasteiger partial charge in [-0.15, -0.1) is 0 Å². The molecule has 30 heavy (non-hydrogen) atoms. The molecule has 162 valence electrons. The zero-order chi connectivity index (χ0) is 21.3. The van der Waals surface area contributed by atoms with Crippen LogP contribution >= 0.6 is 0 Å². The third-order valence-corrected chi connectivity index (χ3v) is 6.49. The topological polar surface area (TPSA) is 93.4 Å². The van der Waals surface area contributed by atoms with Crippen molar-refractivity contribution in [2.45, 2.75) is 62.7 Å². The van der Waals surface area contributed by atoms with Crippen molar-refractivity contribution in [2.75, 3.05) is 18.1 Å². The van der Waals surface area contributed by atoms with E-state index in [0.29, 0.717) is 6.54 Å². The largest absolute Gasteiger partial charge is 0.394 e. The van der Waals surface area contributed by atoms with E-state index in [4.69, 9.17) is 4.74 Å². The normalized spacial score (nSPS) is 31.0. The van der Waals surface area contributed by atoms with Crippen LogP contribution in [0.25, 0.3) is 0 Å². The Morgan fingerprint density at radius 3 is 2.33 bits per heavy atom. The van der Waals surface area contributed by atoms with Crippen molar-refractivity contribution in [3.05, 3.63) is 65.2 Å². The molecular formula is C24H31NO5. The second-order valence-corrected chi connectivity index (χ2v) is 8.34. The fraction of sp³-hybridized carbons (Fsp3) is 0.500. The highest BCUT2D eigenvalue weighted by Gasteiger charge is 2.47.